The van der Waals surface area contributed by atoms with Crippen molar-refractivity contribution in [2.24, 2.45) is 0 Å². The Labute approximate surface area is 125 Å². The van der Waals surface area contributed by atoms with E-state index in [1.165, 1.54) is 0 Å². The number of hydrogen-bond acceptors (Lipinski definition) is 5. The highest BCUT2D eigenvalue weighted by Gasteiger charge is 2.17. The summed E-state index contributed by atoms with van der Waals surface area (Å²) < 4.78 is 1.85. The predicted molar refractivity (Wildman–Crippen MR) is 82.0 cm³/mol. The molecule has 2 aliphatic heterocycles. The van der Waals surface area contributed by atoms with Gasteiger partial charge < -0.3 is 9.67 Å². The summed E-state index contributed by atoms with van der Waals surface area (Å²) in [5, 5.41) is 8.86. The third-order valence-corrected chi connectivity index (χ3v) is 3.56. The molecule has 22 heavy (non-hydrogen) atoms. The van der Waals surface area contributed by atoms with Gasteiger partial charge in [0.05, 0.1) is 11.0 Å². The number of fused-ring (bicyclic) bond motifs is 2. The second-order valence-electron chi connectivity index (χ2n) is 5.08. The summed E-state index contributed by atoms with van der Waals surface area (Å²) in [5.74, 6) is 0.302. The van der Waals surface area contributed by atoms with Crippen molar-refractivity contribution in [3.63, 3.8) is 0 Å². The van der Waals surface area contributed by atoms with Crippen LogP contribution in [0.2, 0.25) is 0 Å². The molecule has 0 saturated carbocycles. The lowest BCUT2D eigenvalue weighted by Gasteiger charge is -2.16. The summed E-state index contributed by atoms with van der Waals surface area (Å²) in [4.78, 5) is 33.9. The van der Waals surface area contributed by atoms with E-state index in [9.17, 15) is 9.59 Å². The fraction of sp³-hybridized carbons (Fsp3) is 0.333. The predicted octanol–water partition coefficient (Wildman–Crippen LogP) is 0.747. The van der Waals surface area contributed by atoms with Crippen LogP contribution in [0.25, 0.3) is 22.6 Å². The molecule has 1 aromatic rings. The number of H-pyrrole nitrogens is 1. The number of para-hydroxylation sites is 2. The van der Waals surface area contributed by atoms with Gasteiger partial charge in [-0.15, -0.1) is 0 Å². The van der Waals surface area contributed by atoms with Crippen LogP contribution < -0.4 is 11.2 Å². The van der Waals surface area contributed by atoms with Gasteiger partial charge in [-0.2, -0.15) is 4.98 Å². The van der Waals surface area contributed by atoms with Crippen molar-refractivity contribution in [3.05, 3.63) is 45.1 Å². The number of benzene rings is 1. The quantitative estimate of drug-likeness (QED) is 0.535. The number of nitrogens with zero attached hydrogens (tertiary/aromatic N) is 3. The zero-order valence-electron chi connectivity index (χ0n) is 12.0. The number of aliphatic hydroxyl groups is 1. The van der Waals surface area contributed by atoms with Gasteiger partial charge in [-0.3, -0.25) is 9.78 Å². The first kappa shape index (κ1) is 14.4. The lowest BCUT2D eigenvalue weighted by Crippen LogP contribution is -2.28. The van der Waals surface area contributed by atoms with Crippen molar-refractivity contribution in [1.29, 1.82) is 0 Å². The standard InChI is InChI=1S/C15H16N4O3/c20-9-5-1-4-8-19-11-7-3-2-6-10(11)16-12-13(19)17-15(22)18-14(12)21/h2-3,6-7,20H,1,4-5,8-9H2,(H,18,21,22). The zero-order valence-corrected chi connectivity index (χ0v) is 12.0. The van der Waals surface area contributed by atoms with Crippen LogP contribution >= 0.6 is 0 Å². The van der Waals surface area contributed by atoms with Crippen LogP contribution in [0.1, 0.15) is 19.3 Å². The Morgan fingerprint density at radius 3 is 2.73 bits per heavy atom. The van der Waals surface area contributed by atoms with Crippen molar-refractivity contribution in [3.8, 4) is 11.5 Å². The Hall–Kier alpha value is -2.54. The molecule has 0 spiro atoms. The molecule has 114 valence electrons. The van der Waals surface area contributed by atoms with Gasteiger partial charge in [0.1, 0.15) is 0 Å². The van der Waals surface area contributed by atoms with E-state index >= 15 is 0 Å². The van der Waals surface area contributed by atoms with Gasteiger partial charge in [0.25, 0.3) is 5.56 Å². The van der Waals surface area contributed by atoms with Crippen LogP contribution in [-0.2, 0) is 6.54 Å². The number of aromatic amines is 1. The molecular formula is C15H16N4O3. The van der Waals surface area contributed by atoms with Crippen LogP contribution in [0.4, 0.5) is 0 Å². The maximum absolute atomic E-state index is 12.0. The molecule has 1 aromatic carbocycles. The number of hydrogen-bond donors (Lipinski definition) is 2. The topological polar surface area (TPSA) is 101 Å². The second-order valence-corrected chi connectivity index (χ2v) is 5.08. The monoisotopic (exact) mass is 300 g/mol. The maximum atomic E-state index is 12.0. The summed E-state index contributed by atoms with van der Waals surface area (Å²) in [6.45, 7) is 0.764. The number of nitrogens with one attached hydrogen (secondary N) is 1. The molecule has 0 atom stereocenters. The van der Waals surface area contributed by atoms with Gasteiger partial charge in [0.15, 0.2) is 11.5 Å². The number of aliphatic hydroxyl groups excluding tert-OH is 1. The van der Waals surface area contributed by atoms with Crippen molar-refractivity contribution in [1.82, 2.24) is 19.5 Å². The van der Waals surface area contributed by atoms with Gasteiger partial charge in [-0.05, 0) is 31.4 Å². The molecule has 3 rings (SSSR count). The lowest BCUT2D eigenvalue weighted by atomic mass is 10.2. The average Bonchev–Trinajstić information content (AvgIpc) is 2.51. The van der Waals surface area contributed by atoms with E-state index in [4.69, 9.17) is 5.11 Å². The van der Waals surface area contributed by atoms with Gasteiger partial charge in [0.2, 0.25) is 0 Å². The van der Waals surface area contributed by atoms with Crippen molar-refractivity contribution in [2.45, 2.75) is 25.8 Å². The molecule has 7 heteroatoms. The highest BCUT2D eigenvalue weighted by molar-refractivity contribution is 5.79. The molecular weight excluding hydrogens is 284 g/mol. The first-order valence-electron chi connectivity index (χ1n) is 7.21. The Bertz CT molecular complexity index is 884. The highest BCUT2D eigenvalue weighted by Crippen LogP contribution is 2.21. The number of aryl methyl sites for hydroxylation is 1. The molecule has 2 N–H and O–H groups in total. The van der Waals surface area contributed by atoms with Crippen LogP contribution in [0.15, 0.2) is 33.9 Å². The summed E-state index contributed by atoms with van der Waals surface area (Å²) in [5.41, 5.74) is 0.489. The largest absolute Gasteiger partial charge is 0.396 e. The van der Waals surface area contributed by atoms with Crippen molar-refractivity contribution >= 4 is 11.0 Å². The Morgan fingerprint density at radius 2 is 1.91 bits per heavy atom. The van der Waals surface area contributed by atoms with Crippen LogP contribution in [0, 0.1) is 0 Å². The van der Waals surface area contributed by atoms with Crippen LogP contribution in [-0.4, -0.2) is 31.2 Å². The third-order valence-electron chi connectivity index (χ3n) is 3.56. The van der Waals surface area contributed by atoms with E-state index in [1.807, 2.05) is 28.8 Å². The molecule has 0 fully saturated rings. The van der Waals surface area contributed by atoms with E-state index in [1.54, 1.807) is 0 Å². The fourth-order valence-corrected chi connectivity index (χ4v) is 2.53. The van der Waals surface area contributed by atoms with Gasteiger partial charge in [-0.25, -0.2) is 9.78 Å². The Kier molecular flexibility index (Phi) is 3.97. The van der Waals surface area contributed by atoms with Crippen molar-refractivity contribution in [2.75, 3.05) is 6.61 Å². The number of rotatable bonds is 5. The first-order valence-corrected chi connectivity index (χ1v) is 7.21. The molecule has 2 heterocycles. The smallest absolute Gasteiger partial charge is 0.349 e. The van der Waals surface area contributed by atoms with Crippen molar-refractivity contribution < 1.29 is 5.11 Å². The van der Waals surface area contributed by atoms with Gasteiger partial charge >= 0.3 is 5.69 Å². The van der Waals surface area contributed by atoms with E-state index in [0.717, 1.165) is 24.8 Å². The second kappa shape index (κ2) is 6.07. The summed E-state index contributed by atoms with van der Waals surface area (Å²) in [7, 11) is 0. The van der Waals surface area contributed by atoms with Crippen LogP contribution in [0.5, 0.6) is 0 Å². The van der Waals surface area contributed by atoms with E-state index in [0.29, 0.717) is 17.9 Å². The van der Waals surface area contributed by atoms with Gasteiger partial charge in [-0.1, -0.05) is 12.1 Å². The molecule has 0 amide bonds. The minimum absolute atomic E-state index is 0.158. The zero-order chi connectivity index (χ0) is 15.5. The summed E-state index contributed by atoms with van der Waals surface area (Å²) in [6, 6.07) is 7.44. The summed E-state index contributed by atoms with van der Waals surface area (Å²) in [6.07, 6.45) is 2.40. The average molecular weight is 300 g/mol. The first-order chi connectivity index (χ1) is 10.7. The van der Waals surface area contributed by atoms with E-state index < -0.39 is 11.2 Å². The molecule has 7 nitrogen and oxygen atoms in total. The molecule has 0 bridgehead atoms. The number of aromatic nitrogens is 4. The highest BCUT2D eigenvalue weighted by atomic mass is 16.3. The maximum Gasteiger partial charge on any atom is 0.349 e. The minimum atomic E-state index is -0.668. The fourth-order valence-electron chi connectivity index (χ4n) is 2.53. The molecule has 0 aliphatic carbocycles. The third kappa shape index (κ3) is 2.62. The minimum Gasteiger partial charge on any atom is -0.396 e. The molecule has 0 saturated heterocycles. The van der Waals surface area contributed by atoms with E-state index in [2.05, 4.69) is 15.0 Å². The molecule has 2 aliphatic rings. The van der Waals surface area contributed by atoms with E-state index in [-0.39, 0.29) is 12.3 Å². The molecule has 0 aromatic heterocycles. The Balaban J connectivity index is 2.19. The molecule has 0 unspecified atom stereocenters. The number of unbranched alkanes of at least 4 members (excludes halogenated alkanes) is 2. The Morgan fingerprint density at radius 1 is 1.09 bits per heavy atom. The lowest BCUT2D eigenvalue weighted by molar-refractivity contribution is 0.282. The van der Waals surface area contributed by atoms with Gasteiger partial charge in [0, 0.05) is 13.2 Å². The normalized spacial score (nSPS) is 11.3. The summed E-state index contributed by atoms with van der Waals surface area (Å²) >= 11 is 0. The molecule has 0 radical (unpaired) electrons. The SMILES string of the molecule is O=c1nc2n(CCCCCO)c3ccccc3nc-2c(=O)[nH]1. The van der Waals surface area contributed by atoms with Crippen LogP contribution in [0.3, 0.4) is 0 Å².